The van der Waals surface area contributed by atoms with Crippen LogP contribution >= 0.6 is 11.3 Å². The monoisotopic (exact) mass is 281 g/mol. The van der Waals surface area contributed by atoms with Crippen molar-refractivity contribution in [2.45, 2.75) is 52.0 Å². The van der Waals surface area contributed by atoms with Crippen LogP contribution in [0.2, 0.25) is 0 Å². The molecular formula is C13H19N3O2S. The van der Waals surface area contributed by atoms with E-state index in [0.29, 0.717) is 18.0 Å². The summed E-state index contributed by atoms with van der Waals surface area (Å²) in [6, 6.07) is 0.204. The molecule has 6 heteroatoms. The van der Waals surface area contributed by atoms with Gasteiger partial charge in [0.15, 0.2) is 5.13 Å². The van der Waals surface area contributed by atoms with Crippen molar-refractivity contribution in [1.82, 2.24) is 10.3 Å². The molecule has 1 aromatic rings. The minimum Gasteiger partial charge on any atom is -0.353 e. The second-order valence-corrected chi connectivity index (χ2v) is 5.74. The first-order chi connectivity index (χ1) is 9.12. The molecule has 1 atom stereocenters. The fourth-order valence-corrected chi connectivity index (χ4v) is 3.19. The van der Waals surface area contributed by atoms with E-state index in [0.717, 1.165) is 25.0 Å². The molecule has 5 nitrogen and oxygen atoms in total. The SMILES string of the molecule is CCC(=O)Nc1nc2c(s1)C[C@H](NC(=O)CC)CC2. The van der Waals surface area contributed by atoms with Gasteiger partial charge in [-0.25, -0.2) is 4.98 Å². The van der Waals surface area contributed by atoms with E-state index >= 15 is 0 Å². The van der Waals surface area contributed by atoms with Gasteiger partial charge >= 0.3 is 0 Å². The highest BCUT2D eigenvalue weighted by atomic mass is 32.1. The van der Waals surface area contributed by atoms with Crippen LogP contribution in [0, 0.1) is 0 Å². The summed E-state index contributed by atoms with van der Waals surface area (Å²) in [6.07, 6.45) is 3.58. The summed E-state index contributed by atoms with van der Waals surface area (Å²) >= 11 is 1.52. The second kappa shape index (κ2) is 6.14. The van der Waals surface area contributed by atoms with E-state index in [1.807, 2.05) is 13.8 Å². The smallest absolute Gasteiger partial charge is 0.225 e. The molecule has 1 heterocycles. The molecule has 0 spiro atoms. The molecule has 2 rings (SSSR count). The molecule has 19 heavy (non-hydrogen) atoms. The number of thiazole rings is 1. The Balaban J connectivity index is 2.00. The fourth-order valence-electron chi connectivity index (χ4n) is 2.09. The molecule has 0 radical (unpaired) electrons. The van der Waals surface area contributed by atoms with Crippen molar-refractivity contribution in [2.24, 2.45) is 0 Å². The van der Waals surface area contributed by atoms with Crippen molar-refractivity contribution in [3.63, 3.8) is 0 Å². The quantitative estimate of drug-likeness (QED) is 0.885. The van der Waals surface area contributed by atoms with Gasteiger partial charge in [-0.3, -0.25) is 9.59 Å². The Kier molecular flexibility index (Phi) is 4.52. The first kappa shape index (κ1) is 14.0. The number of carbonyl (C=O) groups is 2. The number of fused-ring (bicyclic) bond motifs is 1. The number of hydrogen-bond acceptors (Lipinski definition) is 4. The van der Waals surface area contributed by atoms with Gasteiger partial charge in [0.05, 0.1) is 5.69 Å². The van der Waals surface area contributed by atoms with Crippen LogP contribution in [-0.4, -0.2) is 22.8 Å². The zero-order chi connectivity index (χ0) is 13.8. The maximum atomic E-state index is 11.4. The van der Waals surface area contributed by atoms with Crippen LogP contribution in [-0.2, 0) is 22.4 Å². The summed E-state index contributed by atoms with van der Waals surface area (Å²) < 4.78 is 0. The van der Waals surface area contributed by atoms with E-state index in [2.05, 4.69) is 15.6 Å². The molecule has 0 aliphatic heterocycles. The van der Waals surface area contributed by atoms with E-state index < -0.39 is 0 Å². The Hall–Kier alpha value is -1.43. The maximum Gasteiger partial charge on any atom is 0.225 e. The average Bonchev–Trinajstić information content (AvgIpc) is 2.79. The highest BCUT2D eigenvalue weighted by Gasteiger charge is 2.23. The molecule has 1 aromatic heterocycles. The molecular weight excluding hydrogens is 262 g/mol. The van der Waals surface area contributed by atoms with Gasteiger partial charge in [0.25, 0.3) is 0 Å². The lowest BCUT2D eigenvalue weighted by Crippen LogP contribution is -2.38. The largest absolute Gasteiger partial charge is 0.353 e. The molecule has 0 unspecified atom stereocenters. The summed E-state index contributed by atoms with van der Waals surface area (Å²) in [5.41, 5.74) is 1.07. The van der Waals surface area contributed by atoms with Gasteiger partial charge in [-0.2, -0.15) is 0 Å². The molecule has 0 aromatic carbocycles. The third-order valence-electron chi connectivity index (χ3n) is 3.19. The summed E-state index contributed by atoms with van der Waals surface area (Å²) in [7, 11) is 0. The molecule has 2 N–H and O–H groups in total. The molecule has 104 valence electrons. The number of aromatic nitrogens is 1. The van der Waals surface area contributed by atoms with E-state index in [9.17, 15) is 9.59 Å². The van der Waals surface area contributed by atoms with Crippen molar-refractivity contribution in [1.29, 1.82) is 0 Å². The highest BCUT2D eigenvalue weighted by molar-refractivity contribution is 7.15. The summed E-state index contributed by atoms with van der Waals surface area (Å²) in [5, 5.41) is 6.50. The van der Waals surface area contributed by atoms with E-state index in [4.69, 9.17) is 0 Å². The average molecular weight is 281 g/mol. The second-order valence-electron chi connectivity index (χ2n) is 4.65. The molecule has 0 saturated heterocycles. The number of aryl methyl sites for hydroxylation is 1. The lowest BCUT2D eigenvalue weighted by molar-refractivity contribution is -0.121. The van der Waals surface area contributed by atoms with Crippen molar-refractivity contribution >= 4 is 28.3 Å². The standard InChI is InChI=1S/C13H19N3O2S/c1-3-11(17)14-8-5-6-9-10(7-8)19-13(15-9)16-12(18)4-2/h8H,3-7H2,1-2H3,(H,14,17)(H,15,16,18)/t8-/m1/s1. The lowest BCUT2D eigenvalue weighted by Gasteiger charge is -2.21. The predicted octanol–water partition coefficient (Wildman–Crippen LogP) is 1.88. The highest BCUT2D eigenvalue weighted by Crippen LogP contribution is 2.29. The minimum absolute atomic E-state index is 0.0121. The van der Waals surface area contributed by atoms with Crippen molar-refractivity contribution < 1.29 is 9.59 Å². The van der Waals surface area contributed by atoms with Crippen molar-refractivity contribution in [3.05, 3.63) is 10.6 Å². The lowest BCUT2D eigenvalue weighted by atomic mass is 9.97. The maximum absolute atomic E-state index is 11.4. The summed E-state index contributed by atoms with van der Waals surface area (Å²) in [4.78, 5) is 28.4. The van der Waals surface area contributed by atoms with Crippen LogP contribution in [0.4, 0.5) is 5.13 Å². The van der Waals surface area contributed by atoms with E-state index in [1.54, 1.807) is 0 Å². The molecule has 1 aliphatic carbocycles. The first-order valence-electron chi connectivity index (χ1n) is 6.70. The normalized spacial score (nSPS) is 17.7. The minimum atomic E-state index is -0.0121. The fraction of sp³-hybridized carbons (Fsp3) is 0.615. The van der Waals surface area contributed by atoms with Crippen LogP contribution in [0.25, 0.3) is 0 Å². The Labute approximate surface area is 116 Å². The third kappa shape index (κ3) is 3.53. The molecule has 1 aliphatic rings. The molecule has 0 bridgehead atoms. The summed E-state index contributed by atoms with van der Waals surface area (Å²) in [5.74, 6) is 0.0828. The number of rotatable bonds is 4. The third-order valence-corrected chi connectivity index (χ3v) is 4.23. The van der Waals surface area contributed by atoms with Crippen LogP contribution in [0.15, 0.2) is 0 Å². The first-order valence-corrected chi connectivity index (χ1v) is 7.51. The Morgan fingerprint density at radius 2 is 2.05 bits per heavy atom. The number of carbonyl (C=O) groups excluding carboxylic acids is 2. The van der Waals surface area contributed by atoms with Crippen molar-refractivity contribution in [3.8, 4) is 0 Å². The van der Waals surface area contributed by atoms with Gasteiger partial charge in [0.2, 0.25) is 11.8 Å². The van der Waals surface area contributed by atoms with E-state index in [1.165, 1.54) is 16.2 Å². The number of anilines is 1. The van der Waals surface area contributed by atoms with Gasteiger partial charge in [-0.05, 0) is 12.8 Å². The Morgan fingerprint density at radius 1 is 1.32 bits per heavy atom. The van der Waals surface area contributed by atoms with Gasteiger partial charge in [-0.15, -0.1) is 11.3 Å². The molecule has 0 saturated carbocycles. The number of amides is 2. The van der Waals surface area contributed by atoms with Crippen LogP contribution < -0.4 is 10.6 Å². The molecule has 2 amide bonds. The number of hydrogen-bond donors (Lipinski definition) is 2. The van der Waals surface area contributed by atoms with E-state index in [-0.39, 0.29) is 17.9 Å². The van der Waals surface area contributed by atoms with Crippen LogP contribution in [0.3, 0.4) is 0 Å². The summed E-state index contributed by atoms with van der Waals surface area (Å²) in [6.45, 7) is 3.67. The number of nitrogens with zero attached hydrogens (tertiary/aromatic N) is 1. The van der Waals surface area contributed by atoms with Crippen molar-refractivity contribution in [2.75, 3.05) is 5.32 Å². The number of nitrogens with one attached hydrogen (secondary N) is 2. The van der Waals surface area contributed by atoms with Gasteiger partial charge in [-0.1, -0.05) is 13.8 Å². The zero-order valence-electron chi connectivity index (χ0n) is 11.3. The van der Waals surface area contributed by atoms with Gasteiger partial charge in [0, 0.05) is 30.2 Å². The van der Waals surface area contributed by atoms with Crippen LogP contribution in [0.5, 0.6) is 0 Å². The zero-order valence-corrected chi connectivity index (χ0v) is 12.1. The predicted molar refractivity (Wildman–Crippen MR) is 75.3 cm³/mol. The Bertz CT molecular complexity index is 484. The van der Waals surface area contributed by atoms with Crippen LogP contribution in [0.1, 0.15) is 43.7 Å². The topological polar surface area (TPSA) is 71.1 Å². The van der Waals surface area contributed by atoms with Gasteiger partial charge < -0.3 is 10.6 Å². The Morgan fingerprint density at radius 3 is 2.74 bits per heavy atom. The molecule has 0 fully saturated rings. The van der Waals surface area contributed by atoms with Gasteiger partial charge in [0.1, 0.15) is 0 Å².